The molecule has 0 atom stereocenters. The lowest BCUT2D eigenvalue weighted by atomic mass is 9.72. The third kappa shape index (κ3) is 6.64. The third-order valence-corrected chi connectivity index (χ3v) is 9.22. The number of hydrogen-bond donors (Lipinski definition) is 1. The highest BCUT2D eigenvalue weighted by Gasteiger charge is 2.39. The van der Waals surface area contributed by atoms with Crippen LogP contribution in [0.4, 0.5) is 19.0 Å². The van der Waals surface area contributed by atoms with Crippen molar-refractivity contribution in [3.05, 3.63) is 75.9 Å². The Morgan fingerprint density at radius 1 is 1.07 bits per heavy atom. The molecule has 1 N–H and O–H groups in total. The molecule has 2 fully saturated rings. The minimum atomic E-state index is -4.40. The zero-order valence-corrected chi connectivity index (χ0v) is 23.5. The van der Waals surface area contributed by atoms with E-state index in [1.807, 2.05) is 4.90 Å². The monoisotopic (exact) mass is 572 g/mol. The Labute approximate surface area is 237 Å². The van der Waals surface area contributed by atoms with Crippen molar-refractivity contribution >= 4 is 23.1 Å². The number of halogens is 3. The van der Waals surface area contributed by atoms with Crippen molar-refractivity contribution in [1.29, 1.82) is 0 Å². The average molecular weight is 573 g/mol. The zero-order chi connectivity index (χ0) is 28.2. The van der Waals surface area contributed by atoms with Crippen molar-refractivity contribution in [1.82, 2.24) is 25.1 Å². The maximum absolute atomic E-state index is 13.6. The Hall–Kier alpha value is -3.02. The Bertz CT molecular complexity index is 1270. The molecule has 2 aromatic heterocycles. The van der Waals surface area contributed by atoms with Crippen LogP contribution in [0.3, 0.4) is 0 Å². The van der Waals surface area contributed by atoms with E-state index in [1.54, 1.807) is 36.0 Å². The number of alkyl halides is 3. The van der Waals surface area contributed by atoms with Gasteiger partial charge in [-0.25, -0.2) is 4.98 Å². The molecule has 0 unspecified atom stereocenters. The number of likely N-dealkylation sites (tertiary alicyclic amines) is 1. The largest absolute Gasteiger partial charge is 0.416 e. The highest BCUT2D eigenvalue weighted by Crippen LogP contribution is 2.38. The molecule has 2 aliphatic rings. The van der Waals surface area contributed by atoms with E-state index in [0.29, 0.717) is 51.1 Å². The van der Waals surface area contributed by atoms with E-state index < -0.39 is 17.2 Å². The van der Waals surface area contributed by atoms with Crippen LogP contribution in [0, 0.1) is 6.92 Å². The first-order valence-electron chi connectivity index (χ1n) is 13.7. The van der Waals surface area contributed by atoms with E-state index in [2.05, 4.69) is 43.5 Å². The molecule has 5 rings (SSSR count). The van der Waals surface area contributed by atoms with Gasteiger partial charge < -0.3 is 15.1 Å². The first-order chi connectivity index (χ1) is 19.2. The van der Waals surface area contributed by atoms with Crippen LogP contribution in [0.15, 0.2) is 54.3 Å². The standard InChI is InChI=1S/C29H35F3N6OS/c1-22-5-16-40-25(22)18-34-21-28(23-3-2-4-24(17-23)29(30,31)32)6-10-38(11-7-28)27(39)20-36-12-14-37(15-13-36)26-19-33-8-9-35-26/h2-5,8-9,16-17,19,34H,6-7,10-15,18,20-21H2,1H3. The van der Waals surface area contributed by atoms with Crippen LogP contribution >= 0.6 is 11.3 Å². The number of benzene rings is 1. The molecule has 2 aliphatic heterocycles. The van der Waals surface area contributed by atoms with Crippen molar-refractivity contribution in [2.45, 2.75) is 37.9 Å². The van der Waals surface area contributed by atoms with Crippen molar-refractivity contribution in [2.24, 2.45) is 0 Å². The molecular formula is C29H35F3N6OS. The number of piperazine rings is 1. The molecule has 11 heteroatoms. The summed E-state index contributed by atoms with van der Waals surface area (Å²) < 4.78 is 40.7. The maximum atomic E-state index is 13.6. The number of carbonyl (C=O) groups is 1. The molecule has 0 bridgehead atoms. The fourth-order valence-corrected chi connectivity index (χ4v) is 6.53. The van der Waals surface area contributed by atoms with E-state index in [1.165, 1.54) is 22.6 Å². The second kappa shape index (κ2) is 12.2. The minimum absolute atomic E-state index is 0.0766. The summed E-state index contributed by atoms with van der Waals surface area (Å²) in [4.78, 5) is 29.2. The Morgan fingerprint density at radius 3 is 2.50 bits per heavy atom. The number of rotatable bonds is 8. The lowest BCUT2D eigenvalue weighted by molar-refractivity contribution is -0.137. The van der Waals surface area contributed by atoms with Crippen LogP contribution in [0.1, 0.15) is 34.4 Å². The number of thiophene rings is 1. The van der Waals surface area contributed by atoms with Crippen LogP contribution in [-0.4, -0.2) is 78.0 Å². The number of aryl methyl sites for hydroxylation is 1. The van der Waals surface area contributed by atoms with Gasteiger partial charge in [0.1, 0.15) is 5.82 Å². The van der Waals surface area contributed by atoms with Gasteiger partial charge in [0.05, 0.1) is 18.3 Å². The number of nitrogens with one attached hydrogen (secondary N) is 1. The molecule has 2 saturated heterocycles. The Morgan fingerprint density at radius 2 is 1.85 bits per heavy atom. The summed E-state index contributed by atoms with van der Waals surface area (Å²) >= 11 is 1.68. The predicted octanol–water partition coefficient (Wildman–Crippen LogP) is 4.34. The molecule has 40 heavy (non-hydrogen) atoms. The van der Waals surface area contributed by atoms with E-state index in [9.17, 15) is 18.0 Å². The van der Waals surface area contributed by atoms with Gasteiger partial charge in [-0.3, -0.25) is 14.7 Å². The van der Waals surface area contributed by atoms with Gasteiger partial charge in [0.2, 0.25) is 5.91 Å². The molecule has 0 spiro atoms. The third-order valence-electron chi connectivity index (χ3n) is 8.20. The van der Waals surface area contributed by atoms with Crippen molar-refractivity contribution < 1.29 is 18.0 Å². The van der Waals surface area contributed by atoms with E-state index in [4.69, 9.17) is 0 Å². The van der Waals surface area contributed by atoms with Crippen molar-refractivity contribution in [3.63, 3.8) is 0 Å². The minimum Gasteiger partial charge on any atom is -0.353 e. The second-order valence-corrected chi connectivity index (χ2v) is 11.7. The lowest BCUT2D eigenvalue weighted by Crippen LogP contribution is -2.53. The predicted molar refractivity (Wildman–Crippen MR) is 150 cm³/mol. The fourth-order valence-electron chi connectivity index (χ4n) is 5.66. The fraction of sp³-hybridized carbons (Fsp3) is 0.483. The van der Waals surface area contributed by atoms with Crippen LogP contribution in [0.5, 0.6) is 0 Å². The number of aromatic nitrogens is 2. The Kier molecular flexibility index (Phi) is 8.72. The molecule has 0 saturated carbocycles. The van der Waals surface area contributed by atoms with Gasteiger partial charge in [0, 0.05) is 75.0 Å². The van der Waals surface area contributed by atoms with Crippen LogP contribution in [0.2, 0.25) is 0 Å². The SMILES string of the molecule is Cc1ccsc1CNCC1(c2cccc(C(F)(F)F)c2)CCN(C(=O)CN2CCN(c3cnccn3)CC2)CC1. The summed E-state index contributed by atoms with van der Waals surface area (Å²) in [7, 11) is 0. The van der Waals surface area contributed by atoms with Gasteiger partial charge in [-0.1, -0.05) is 18.2 Å². The van der Waals surface area contributed by atoms with Gasteiger partial charge in [0.25, 0.3) is 0 Å². The van der Waals surface area contributed by atoms with Crippen molar-refractivity contribution in [3.8, 4) is 0 Å². The normalized spacial score (nSPS) is 18.2. The highest BCUT2D eigenvalue weighted by molar-refractivity contribution is 7.10. The number of carbonyl (C=O) groups excluding carboxylic acids is 1. The number of anilines is 1. The molecule has 4 heterocycles. The quantitative estimate of drug-likeness (QED) is 0.434. The first-order valence-corrected chi connectivity index (χ1v) is 14.5. The molecule has 0 aliphatic carbocycles. The zero-order valence-electron chi connectivity index (χ0n) is 22.7. The number of nitrogens with zero attached hydrogens (tertiary/aromatic N) is 5. The average Bonchev–Trinajstić information content (AvgIpc) is 3.38. The van der Waals surface area contributed by atoms with E-state index in [-0.39, 0.29) is 5.91 Å². The summed E-state index contributed by atoms with van der Waals surface area (Å²) in [5, 5.41) is 5.58. The van der Waals surface area contributed by atoms with Gasteiger partial charge in [-0.15, -0.1) is 11.3 Å². The van der Waals surface area contributed by atoms with Gasteiger partial charge >= 0.3 is 6.18 Å². The molecule has 0 radical (unpaired) electrons. The summed E-state index contributed by atoms with van der Waals surface area (Å²) in [5.74, 6) is 0.922. The highest BCUT2D eigenvalue weighted by atomic mass is 32.1. The summed E-state index contributed by atoms with van der Waals surface area (Å²) in [6.07, 6.45) is 1.90. The smallest absolute Gasteiger partial charge is 0.353 e. The maximum Gasteiger partial charge on any atom is 0.416 e. The summed E-state index contributed by atoms with van der Waals surface area (Å²) in [5.41, 5.74) is 0.789. The topological polar surface area (TPSA) is 64.6 Å². The van der Waals surface area contributed by atoms with Crippen LogP contribution in [-0.2, 0) is 22.9 Å². The summed E-state index contributed by atoms with van der Waals surface area (Å²) in [6, 6.07) is 7.81. The molecule has 1 amide bonds. The molecule has 3 aromatic rings. The number of hydrogen-bond acceptors (Lipinski definition) is 7. The number of amides is 1. The van der Waals surface area contributed by atoms with Gasteiger partial charge in [-0.2, -0.15) is 13.2 Å². The van der Waals surface area contributed by atoms with E-state index in [0.717, 1.165) is 38.1 Å². The molecule has 1 aromatic carbocycles. The lowest BCUT2D eigenvalue weighted by Gasteiger charge is -2.43. The molecular weight excluding hydrogens is 537 g/mol. The van der Waals surface area contributed by atoms with Crippen molar-refractivity contribution in [2.75, 3.05) is 57.3 Å². The molecule has 214 valence electrons. The number of piperidine rings is 1. The second-order valence-electron chi connectivity index (χ2n) is 10.7. The summed E-state index contributed by atoms with van der Waals surface area (Å²) in [6.45, 7) is 7.76. The van der Waals surface area contributed by atoms with E-state index >= 15 is 0 Å². The first kappa shape index (κ1) is 28.5. The van der Waals surface area contributed by atoms with Crippen LogP contribution in [0.25, 0.3) is 0 Å². The van der Waals surface area contributed by atoms with Gasteiger partial charge in [-0.05, 0) is 48.4 Å². The molecule has 7 nitrogen and oxygen atoms in total. The van der Waals surface area contributed by atoms with Crippen LogP contribution < -0.4 is 10.2 Å². The Balaban J connectivity index is 1.21. The van der Waals surface area contributed by atoms with Gasteiger partial charge in [0.15, 0.2) is 0 Å².